The fourth-order valence-electron chi connectivity index (χ4n) is 3.79. The lowest BCUT2D eigenvalue weighted by atomic mass is 10.1. The molecule has 1 unspecified atom stereocenters. The second-order valence-corrected chi connectivity index (χ2v) is 10.2. The fourth-order valence-corrected chi connectivity index (χ4v) is 4.65. The first-order valence-corrected chi connectivity index (χ1v) is 13.8. The Labute approximate surface area is 209 Å². The molecule has 1 N–H and O–H groups in total. The summed E-state index contributed by atoms with van der Waals surface area (Å²) < 4.78 is 32.3. The van der Waals surface area contributed by atoms with Gasteiger partial charge in [0.05, 0.1) is 18.6 Å². The average molecular weight is 504 g/mol. The van der Waals surface area contributed by atoms with Crippen LogP contribution in [0.1, 0.15) is 44.7 Å². The van der Waals surface area contributed by atoms with Crippen LogP contribution in [0.4, 0.5) is 5.69 Å². The van der Waals surface area contributed by atoms with Crippen LogP contribution in [0.5, 0.6) is 5.75 Å². The van der Waals surface area contributed by atoms with Gasteiger partial charge in [-0.25, -0.2) is 8.42 Å². The van der Waals surface area contributed by atoms with Gasteiger partial charge in [-0.3, -0.25) is 13.9 Å². The van der Waals surface area contributed by atoms with E-state index in [0.717, 1.165) is 28.1 Å². The summed E-state index contributed by atoms with van der Waals surface area (Å²) in [7, 11) is -3.83. The summed E-state index contributed by atoms with van der Waals surface area (Å²) in [4.78, 5) is 28.2. The maximum Gasteiger partial charge on any atom is 0.244 e. The molecule has 2 amide bonds. The number of hydrogen-bond acceptors (Lipinski definition) is 5. The summed E-state index contributed by atoms with van der Waals surface area (Å²) in [5.74, 6) is -0.355. The van der Waals surface area contributed by atoms with E-state index >= 15 is 0 Å². The zero-order valence-corrected chi connectivity index (χ0v) is 22.1. The number of anilines is 1. The predicted octanol–water partition coefficient (Wildman–Crippen LogP) is 3.49. The van der Waals surface area contributed by atoms with Gasteiger partial charge in [0.1, 0.15) is 18.3 Å². The molecule has 1 atom stereocenters. The lowest BCUT2D eigenvalue weighted by molar-refractivity contribution is -0.140. The Kier molecular flexibility index (Phi) is 10.6. The number of carbonyl (C=O) groups excluding carboxylic acids is 2. The summed E-state index contributed by atoms with van der Waals surface area (Å²) in [6.07, 6.45) is 2.21. The molecule has 35 heavy (non-hydrogen) atoms. The minimum absolute atomic E-state index is 0.189. The number of sulfonamides is 1. The van der Waals surface area contributed by atoms with Gasteiger partial charge >= 0.3 is 0 Å². The molecule has 0 aliphatic rings. The van der Waals surface area contributed by atoms with Crippen molar-refractivity contribution in [2.24, 2.45) is 0 Å². The van der Waals surface area contributed by atoms with Crippen molar-refractivity contribution in [3.63, 3.8) is 0 Å². The minimum atomic E-state index is -3.83. The number of amides is 2. The van der Waals surface area contributed by atoms with Crippen molar-refractivity contribution in [3.05, 3.63) is 59.7 Å². The smallest absolute Gasteiger partial charge is 0.244 e. The van der Waals surface area contributed by atoms with Crippen LogP contribution in [-0.4, -0.2) is 57.1 Å². The largest absolute Gasteiger partial charge is 0.492 e. The van der Waals surface area contributed by atoms with Gasteiger partial charge in [-0.05, 0) is 49.9 Å². The zero-order chi connectivity index (χ0) is 26.0. The van der Waals surface area contributed by atoms with Gasteiger partial charge in [0.25, 0.3) is 0 Å². The first-order valence-electron chi connectivity index (χ1n) is 11.9. The van der Waals surface area contributed by atoms with Crippen LogP contribution in [-0.2, 0) is 26.2 Å². The molecule has 9 heteroatoms. The second kappa shape index (κ2) is 13.1. The molecule has 0 aliphatic heterocycles. The highest BCUT2D eigenvalue weighted by Crippen LogP contribution is 2.30. The molecule has 2 aromatic rings. The molecule has 0 bridgehead atoms. The second-order valence-electron chi connectivity index (χ2n) is 8.33. The third-order valence-corrected chi connectivity index (χ3v) is 6.78. The van der Waals surface area contributed by atoms with Crippen molar-refractivity contribution < 1.29 is 22.7 Å². The number of rotatable bonds is 13. The first kappa shape index (κ1) is 28.2. The van der Waals surface area contributed by atoms with Gasteiger partial charge in [-0.1, -0.05) is 50.2 Å². The average Bonchev–Trinajstić information content (AvgIpc) is 2.82. The molecule has 8 nitrogen and oxygen atoms in total. The van der Waals surface area contributed by atoms with E-state index in [1.807, 2.05) is 45.0 Å². The van der Waals surface area contributed by atoms with Crippen molar-refractivity contribution in [2.75, 3.05) is 30.3 Å². The van der Waals surface area contributed by atoms with E-state index < -0.39 is 28.5 Å². The number of nitrogens with zero attached hydrogens (tertiary/aromatic N) is 2. The van der Waals surface area contributed by atoms with Crippen molar-refractivity contribution in [2.45, 2.75) is 53.1 Å². The Morgan fingerprint density at radius 3 is 2.29 bits per heavy atom. The fraction of sp³-hybridized carbons (Fsp3) is 0.462. The highest BCUT2D eigenvalue weighted by Gasteiger charge is 2.32. The molecular formula is C26H37N3O5S. The van der Waals surface area contributed by atoms with Crippen molar-refractivity contribution in [3.8, 4) is 5.75 Å². The highest BCUT2D eigenvalue weighted by atomic mass is 32.2. The van der Waals surface area contributed by atoms with Crippen LogP contribution in [0.2, 0.25) is 0 Å². The van der Waals surface area contributed by atoms with E-state index in [1.54, 1.807) is 31.2 Å². The number of carbonyl (C=O) groups is 2. The Morgan fingerprint density at radius 2 is 1.69 bits per heavy atom. The van der Waals surface area contributed by atoms with E-state index in [1.165, 1.54) is 4.90 Å². The zero-order valence-electron chi connectivity index (χ0n) is 21.3. The van der Waals surface area contributed by atoms with E-state index in [0.29, 0.717) is 25.3 Å². The van der Waals surface area contributed by atoms with Crippen LogP contribution in [0.25, 0.3) is 0 Å². The van der Waals surface area contributed by atoms with Gasteiger partial charge in [0.15, 0.2) is 0 Å². The standard InChI is InChI=1S/C26H37N3O5S/c1-6-17-27-26(31)22(7-2)28(18-21-14-10-9-13-20(21)4)25(30)19-29(35(5,32)33)23-15-11-12-16-24(23)34-8-3/h9-16,22H,6-8,17-19H2,1-5H3,(H,27,31). The Morgan fingerprint density at radius 1 is 1.03 bits per heavy atom. The van der Waals surface area contributed by atoms with Gasteiger partial charge < -0.3 is 15.0 Å². The lowest BCUT2D eigenvalue weighted by Gasteiger charge is -2.33. The van der Waals surface area contributed by atoms with Gasteiger partial charge in [-0.15, -0.1) is 0 Å². The van der Waals surface area contributed by atoms with Crippen LogP contribution >= 0.6 is 0 Å². The van der Waals surface area contributed by atoms with Gasteiger partial charge in [-0.2, -0.15) is 0 Å². The Bertz CT molecular complexity index is 1100. The van der Waals surface area contributed by atoms with Crippen LogP contribution in [0.3, 0.4) is 0 Å². The summed E-state index contributed by atoms with van der Waals surface area (Å²) in [6.45, 7) is 8.12. The predicted molar refractivity (Wildman–Crippen MR) is 139 cm³/mol. The maximum atomic E-state index is 13.7. The highest BCUT2D eigenvalue weighted by molar-refractivity contribution is 7.92. The number of hydrogen-bond donors (Lipinski definition) is 1. The SMILES string of the molecule is CCCNC(=O)C(CC)N(Cc1ccccc1C)C(=O)CN(c1ccccc1OCC)S(C)(=O)=O. The number of nitrogens with one attached hydrogen (secondary N) is 1. The van der Waals surface area contributed by atoms with E-state index in [4.69, 9.17) is 4.74 Å². The summed E-state index contributed by atoms with van der Waals surface area (Å²) in [5, 5.41) is 2.88. The quantitative estimate of drug-likeness (QED) is 0.451. The van der Waals surface area contributed by atoms with Crippen LogP contribution in [0, 0.1) is 6.92 Å². The Balaban J connectivity index is 2.48. The summed E-state index contributed by atoms with van der Waals surface area (Å²) >= 11 is 0. The van der Waals surface area contributed by atoms with E-state index in [9.17, 15) is 18.0 Å². The summed E-state index contributed by atoms with van der Waals surface area (Å²) in [6, 6.07) is 13.6. The Hall–Kier alpha value is -3.07. The minimum Gasteiger partial charge on any atom is -0.492 e. The molecule has 0 aliphatic carbocycles. The molecule has 0 heterocycles. The number of aryl methyl sites for hydroxylation is 1. The topological polar surface area (TPSA) is 96.0 Å². The van der Waals surface area contributed by atoms with E-state index in [2.05, 4.69) is 5.32 Å². The molecule has 0 saturated carbocycles. The molecule has 0 aromatic heterocycles. The maximum absolute atomic E-state index is 13.7. The molecule has 0 saturated heterocycles. The molecule has 2 aromatic carbocycles. The molecule has 2 rings (SSSR count). The van der Waals surface area contributed by atoms with Crippen molar-refractivity contribution in [1.29, 1.82) is 0 Å². The normalized spacial score (nSPS) is 12.0. The van der Waals surface area contributed by atoms with Crippen molar-refractivity contribution in [1.82, 2.24) is 10.2 Å². The molecular weight excluding hydrogens is 466 g/mol. The first-order chi connectivity index (χ1) is 16.6. The number of ether oxygens (including phenoxy) is 1. The summed E-state index contributed by atoms with van der Waals surface area (Å²) in [5.41, 5.74) is 2.16. The molecule has 0 radical (unpaired) electrons. The molecule has 0 spiro atoms. The number of benzene rings is 2. The lowest BCUT2D eigenvalue weighted by Crippen LogP contribution is -2.52. The monoisotopic (exact) mass is 503 g/mol. The van der Waals surface area contributed by atoms with Crippen LogP contribution in [0.15, 0.2) is 48.5 Å². The van der Waals surface area contributed by atoms with E-state index in [-0.39, 0.29) is 18.1 Å². The number of para-hydroxylation sites is 2. The third kappa shape index (κ3) is 7.71. The van der Waals surface area contributed by atoms with Crippen LogP contribution < -0.4 is 14.4 Å². The molecule has 0 fully saturated rings. The third-order valence-electron chi connectivity index (χ3n) is 5.65. The van der Waals surface area contributed by atoms with Crippen molar-refractivity contribution >= 4 is 27.5 Å². The molecule has 192 valence electrons. The van der Waals surface area contributed by atoms with Gasteiger partial charge in [0, 0.05) is 13.1 Å². The van der Waals surface area contributed by atoms with Gasteiger partial charge in [0.2, 0.25) is 21.8 Å².